The highest BCUT2D eigenvalue weighted by Crippen LogP contribution is 2.15. The van der Waals surface area contributed by atoms with Crippen molar-refractivity contribution >= 4 is 42.1 Å². The van der Waals surface area contributed by atoms with Gasteiger partial charge in [-0.25, -0.2) is 9.37 Å². The molecule has 0 spiro atoms. The molecule has 1 aliphatic heterocycles. The number of nitrogens with zero attached hydrogens (tertiary/aromatic N) is 2. The molecule has 1 fully saturated rings. The molecule has 1 aliphatic rings. The van der Waals surface area contributed by atoms with Crippen LogP contribution in [0.4, 0.5) is 4.39 Å². The standard InChI is InChI=1S/C17H21FN4OS.2ClH/c18-14-3-1-13(2-4-14)11-16-21-15(12-24-16)17(23)20-7-10-22-8-5-19-6-9-22;;/h1-4,12,19H,5-11H2,(H,20,23);2*1H. The Morgan fingerprint density at radius 1 is 1.23 bits per heavy atom. The van der Waals surface area contributed by atoms with Crippen molar-refractivity contribution in [3.63, 3.8) is 0 Å². The number of carbonyl (C=O) groups is 1. The zero-order chi connectivity index (χ0) is 16.8. The predicted octanol–water partition coefficient (Wildman–Crippen LogP) is 2.35. The molecule has 26 heavy (non-hydrogen) atoms. The van der Waals surface area contributed by atoms with E-state index in [1.807, 2.05) is 0 Å². The fraction of sp³-hybridized carbons (Fsp3) is 0.412. The fourth-order valence-electron chi connectivity index (χ4n) is 2.63. The van der Waals surface area contributed by atoms with Gasteiger partial charge in [0.05, 0.1) is 5.01 Å². The number of nitrogens with one attached hydrogen (secondary N) is 2. The number of thiazole rings is 1. The number of piperazine rings is 1. The first-order valence-electron chi connectivity index (χ1n) is 8.11. The Labute approximate surface area is 169 Å². The highest BCUT2D eigenvalue weighted by molar-refractivity contribution is 7.09. The molecule has 0 atom stereocenters. The lowest BCUT2D eigenvalue weighted by atomic mass is 10.1. The van der Waals surface area contributed by atoms with Crippen LogP contribution in [0.15, 0.2) is 29.6 Å². The lowest BCUT2D eigenvalue weighted by molar-refractivity contribution is 0.0943. The molecular formula is C17H23Cl2FN4OS. The Balaban J connectivity index is 0.00000169. The first-order valence-corrected chi connectivity index (χ1v) is 8.99. The summed E-state index contributed by atoms with van der Waals surface area (Å²) in [5, 5.41) is 8.86. The summed E-state index contributed by atoms with van der Waals surface area (Å²) >= 11 is 1.45. The van der Waals surface area contributed by atoms with Gasteiger partial charge < -0.3 is 10.6 Å². The van der Waals surface area contributed by atoms with E-state index in [0.29, 0.717) is 18.7 Å². The van der Waals surface area contributed by atoms with E-state index in [-0.39, 0.29) is 36.5 Å². The highest BCUT2D eigenvalue weighted by atomic mass is 35.5. The molecule has 0 saturated carbocycles. The first-order chi connectivity index (χ1) is 11.7. The summed E-state index contributed by atoms with van der Waals surface area (Å²) in [7, 11) is 0. The van der Waals surface area contributed by atoms with E-state index in [0.717, 1.165) is 43.3 Å². The van der Waals surface area contributed by atoms with E-state index < -0.39 is 0 Å². The van der Waals surface area contributed by atoms with Crippen LogP contribution in [0.2, 0.25) is 0 Å². The second kappa shape index (κ2) is 11.5. The highest BCUT2D eigenvalue weighted by Gasteiger charge is 2.13. The van der Waals surface area contributed by atoms with Crippen LogP contribution >= 0.6 is 36.2 Å². The molecule has 9 heteroatoms. The molecule has 0 aliphatic carbocycles. The molecule has 1 aromatic heterocycles. The van der Waals surface area contributed by atoms with Gasteiger partial charge in [-0.15, -0.1) is 36.2 Å². The van der Waals surface area contributed by atoms with Gasteiger partial charge in [0.2, 0.25) is 0 Å². The number of amides is 1. The van der Waals surface area contributed by atoms with E-state index in [1.165, 1.54) is 23.5 Å². The maximum Gasteiger partial charge on any atom is 0.270 e. The minimum absolute atomic E-state index is 0. The van der Waals surface area contributed by atoms with Crippen LogP contribution in [-0.4, -0.2) is 55.1 Å². The average molecular weight is 421 g/mol. The minimum Gasteiger partial charge on any atom is -0.349 e. The molecule has 0 unspecified atom stereocenters. The van der Waals surface area contributed by atoms with Crippen molar-refractivity contribution in [2.24, 2.45) is 0 Å². The molecule has 2 heterocycles. The Hall–Kier alpha value is -1.25. The van der Waals surface area contributed by atoms with Crippen LogP contribution in [0.5, 0.6) is 0 Å². The largest absolute Gasteiger partial charge is 0.349 e. The normalized spacial score (nSPS) is 14.2. The van der Waals surface area contributed by atoms with Gasteiger partial charge >= 0.3 is 0 Å². The van der Waals surface area contributed by atoms with Crippen molar-refractivity contribution < 1.29 is 9.18 Å². The SMILES string of the molecule is Cl.Cl.O=C(NCCN1CCNCC1)c1csc(Cc2ccc(F)cc2)n1. The van der Waals surface area contributed by atoms with E-state index in [9.17, 15) is 9.18 Å². The van der Waals surface area contributed by atoms with Gasteiger partial charge in [0.15, 0.2) is 0 Å². The number of hydrogen-bond donors (Lipinski definition) is 2. The third kappa shape index (κ3) is 6.81. The topological polar surface area (TPSA) is 57.3 Å². The van der Waals surface area contributed by atoms with Crippen molar-refractivity contribution in [1.82, 2.24) is 20.5 Å². The van der Waals surface area contributed by atoms with Gasteiger partial charge in [0.1, 0.15) is 11.5 Å². The van der Waals surface area contributed by atoms with Gasteiger partial charge in [-0.05, 0) is 17.7 Å². The predicted molar refractivity (Wildman–Crippen MR) is 107 cm³/mol. The lowest BCUT2D eigenvalue weighted by Gasteiger charge is -2.26. The minimum atomic E-state index is -0.248. The molecule has 5 nitrogen and oxygen atoms in total. The van der Waals surface area contributed by atoms with Crippen molar-refractivity contribution in [2.45, 2.75) is 6.42 Å². The van der Waals surface area contributed by atoms with E-state index in [1.54, 1.807) is 17.5 Å². The average Bonchev–Trinajstić information content (AvgIpc) is 3.06. The number of aromatic nitrogens is 1. The summed E-state index contributed by atoms with van der Waals surface area (Å²) in [4.78, 5) is 18.9. The molecule has 2 N–H and O–H groups in total. The monoisotopic (exact) mass is 420 g/mol. The second-order valence-electron chi connectivity index (χ2n) is 5.78. The fourth-order valence-corrected chi connectivity index (χ4v) is 3.43. The number of hydrogen-bond acceptors (Lipinski definition) is 5. The van der Waals surface area contributed by atoms with Crippen molar-refractivity contribution in [3.05, 3.63) is 51.7 Å². The molecule has 0 bridgehead atoms. The van der Waals surface area contributed by atoms with Crippen LogP contribution in [0.3, 0.4) is 0 Å². The molecule has 1 amide bonds. The van der Waals surface area contributed by atoms with Crippen LogP contribution < -0.4 is 10.6 Å². The van der Waals surface area contributed by atoms with Gasteiger partial charge in [-0.2, -0.15) is 0 Å². The summed E-state index contributed by atoms with van der Waals surface area (Å²) in [5.74, 6) is -0.380. The quantitative estimate of drug-likeness (QED) is 0.752. The van der Waals surface area contributed by atoms with Crippen molar-refractivity contribution in [1.29, 1.82) is 0 Å². The maximum atomic E-state index is 12.9. The number of rotatable bonds is 6. The number of benzene rings is 1. The number of halogens is 3. The Kier molecular flexibility index (Phi) is 10.0. The third-order valence-electron chi connectivity index (χ3n) is 3.98. The zero-order valence-electron chi connectivity index (χ0n) is 14.2. The number of carbonyl (C=O) groups excluding carboxylic acids is 1. The summed E-state index contributed by atoms with van der Waals surface area (Å²) in [6.07, 6.45) is 0.610. The van der Waals surface area contributed by atoms with Gasteiger partial charge in [-0.3, -0.25) is 9.69 Å². The molecule has 0 radical (unpaired) electrons. The molecule has 3 rings (SSSR count). The van der Waals surface area contributed by atoms with E-state index in [2.05, 4.69) is 20.5 Å². The summed E-state index contributed by atoms with van der Waals surface area (Å²) in [6.45, 7) is 5.55. The molecule has 2 aromatic rings. The van der Waals surface area contributed by atoms with Crippen LogP contribution in [0.25, 0.3) is 0 Å². The Bertz CT molecular complexity index is 678. The smallest absolute Gasteiger partial charge is 0.270 e. The molecule has 1 saturated heterocycles. The first kappa shape index (κ1) is 22.8. The second-order valence-corrected chi connectivity index (χ2v) is 6.72. The maximum absolute atomic E-state index is 12.9. The lowest BCUT2D eigenvalue weighted by Crippen LogP contribution is -2.46. The Morgan fingerprint density at radius 2 is 1.92 bits per heavy atom. The van der Waals surface area contributed by atoms with Crippen molar-refractivity contribution in [2.75, 3.05) is 39.3 Å². The van der Waals surface area contributed by atoms with Crippen LogP contribution in [-0.2, 0) is 6.42 Å². The van der Waals surface area contributed by atoms with E-state index in [4.69, 9.17) is 0 Å². The zero-order valence-corrected chi connectivity index (χ0v) is 16.7. The van der Waals surface area contributed by atoms with Crippen LogP contribution in [0, 0.1) is 5.82 Å². The third-order valence-corrected chi connectivity index (χ3v) is 4.83. The van der Waals surface area contributed by atoms with Gasteiger partial charge in [0, 0.05) is 51.1 Å². The van der Waals surface area contributed by atoms with Gasteiger partial charge in [0.25, 0.3) is 5.91 Å². The summed E-state index contributed by atoms with van der Waals surface area (Å²) in [6, 6.07) is 6.35. The van der Waals surface area contributed by atoms with Gasteiger partial charge in [-0.1, -0.05) is 12.1 Å². The molecule has 144 valence electrons. The molecule has 1 aromatic carbocycles. The Morgan fingerprint density at radius 3 is 2.62 bits per heavy atom. The summed E-state index contributed by atoms with van der Waals surface area (Å²) < 4.78 is 12.9. The van der Waals surface area contributed by atoms with Crippen molar-refractivity contribution in [3.8, 4) is 0 Å². The summed E-state index contributed by atoms with van der Waals surface area (Å²) in [5.41, 5.74) is 1.44. The molecular weight excluding hydrogens is 398 g/mol. The van der Waals surface area contributed by atoms with Crippen LogP contribution in [0.1, 0.15) is 21.1 Å². The van der Waals surface area contributed by atoms with E-state index >= 15 is 0 Å².